The van der Waals surface area contributed by atoms with Crippen molar-refractivity contribution in [2.75, 3.05) is 5.75 Å². The zero-order valence-electron chi connectivity index (χ0n) is 18.1. The van der Waals surface area contributed by atoms with E-state index in [0.29, 0.717) is 16.5 Å². The number of thioether (sulfide) groups is 1. The van der Waals surface area contributed by atoms with Crippen molar-refractivity contribution >= 4 is 23.2 Å². The predicted molar refractivity (Wildman–Crippen MR) is 125 cm³/mol. The summed E-state index contributed by atoms with van der Waals surface area (Å²) in [5, 5.41) is 20.0. The van der Waals surface area contributed by atoms with Crippen molar-refractivity contribution in [3.8, 4) is 11.4 Å². The van der Waals surface area contributed by atoms with Crippen LogP contribution in [0.15, 0.2) is 78.0 Å². The third-order valence-corrected chi connectivity index (χ3v) is 5.90. The van der Waals surface area contributed by atoms with E-state index in [9.17, 15) is 19.3 Å². The molecular weight excluding hydrogens is 459 g/mol. The van der Waals surface area contributed by atoms with Gasteiger partial charge in [0.2, 0.25) is 0 Å². The minimum absolute atomic E-state index is 0.000642. The first-order valence-corrected chi connectivity index (χ1v) is 11.2. The standard InChI is InChI=1S/C24H19FN4O4S/c1-16-11-12-17(13-20(16)29(31)32)21(30)15-34-24-27-26-23(28(24)18-7-3-2-4-8-18)14-33-22-10-6-5-9-19(22)25/h2-13H,14-15H2,1H3. The molecule has 0 N–H and O–H groups in total. The zero-order chi connectivity index (χ0) is 24.1. The van der Waals surface area contributed by atoms with Crippen molar-refractivity contribution in [1.82, 2.24) is 14.8 Å². The summed E-state index contributed by atoms with van der Waals surface area (Å²) in [5.74, 6) is -0.245. The number of carbonyl (C=O) groups excluding carboxylic acids is 1. The van der Waals surface area contributed by atoms with Crippen molar-refractivity contribution in [1.29, 1.82) is 0 Å². The smallest absolute Gasteiger partial charge is 0.273 e. The fourth-order valence-electron chi connectivity index (χ4n) is 3.22. The van der Waals surface area contributed by atoms with E-state index in [1.807, 2.05) is 30.3 Å². The average molecular weight is 479 g/mol. The number of carbonyl (C=O) groups is 1. The van der Waals surface area contributed by atoms with Gasteiger partial charge in [0.05, 0.1) is 10.7 Å². The first-order valence-electron chi connectivity index (χ1n) is 10.2. The molecule has 1 heterocycles. The van der Waals surface area contributed by atoms with Crippen LogP contribution in [0.3, 0.4) is 0 Å². The number of para-hydroxylation sites is 2. The number of rotatable bonds is 9. The van der Waals surface area contributed by atoms with Gasteiger partial charge in [0.1, 0.15) is 6.61 Å². The van der Waals surface area contributed by atoms with E-state index in [1.165, 1.54) is 18.2 Å². The van der Waals surface area contributed by atoms with E-state index < -0.39 is 10.7 Å². The summed E-state index contributed by atoms with van der Waals surface area (Å²) < 4.78 is 21.3. The number of Topliss-reactive ketones (excluding diaryl/α,β-unsaturated/α-hetero) is 1. The maximum Gasteiger partial charge on any atom is 0.273 e. The molecule has 0 fully saturated rings. The molecule has 8 nitrogen and oxygen atoms in total. The van der Waals surface area contributed by atoms with Crippen LogP contribution in [0, 0.1) is 22.9 Å². The Hall–Kier alpha value is -4.05. The molecule has 0 atom stereocenters. The van der Waals surface area contributed by atoms with Gasteiger partial charge >= 0.3 is 0 Å². The minimum atomic E-state index is -0.507. The van der Waals surface area contributed by atoms with Gasteiger partial charge in [0.15, 0.2) is 28.3 Å². The van der Waals surface area contributed by atoms with E-state index in [4.69, 9.17) is 4.74 Å². The van der Waals surface area contributed by atoms with Crippen LogP contribution in [0.4, 0.5) is 10.1 Å². The minimum Gasteiger partial charge on any atom is -0.483 e. The number of benzene rings is 3. The number of aryl methyl sites for hydroxylation is 1. The quantitative estimate of drug-likeness (QED) is 0.141. The van der Waals surface area contributed by atoms with Crippen molar-refractivity contribution in [3.63, 3.8) is 0 Å². The third-order valence-electron chi connectivity index (χ3n) is 4.97. The van der Waals surface area contributed by atoms with Crippen molar-refractivity contribution in [2.24, 2.45) is 0 Å². The molecule has 4 rings (SSSR count). The fraction of sp³-hybridized carbons (Fsp3) is 0.125. The highest BCUT2D eigenvalue weighted by molar-refractivity contribution is 7.99. The van der Waals surface area contributed by atoms with E-state index in [1.54, 1.807) is 35.8 Å². The van der Waals surface area contributed by atoms with Crippen LogP contribution in [0.5, 0.6) is 5.75 Å². The molecule has 172 valence electrons. The molecule has 0 spiro atoms. The molecule has 1 aromatic heterocycles. The summed E-state index contributed by atoms with van der Waals surface area (Å²) in [4.78, 5) is 23.4. The lowest BCUT2D eigenvalue weighted by Gasteiger charge is -2.11. The number of nitro benzene ring substituents is 1. The maximum absolute atomic E-state index is 13.9. The Morgan fingerprint density at radius 2 is 1.82 bits per heavy atom. The van der Waals surface area contributed by atoms with Crippen LogP contribution in [-0.4, -0.2) is 31.2 Å². The van der Waals surface area contributed by atoms with Crippen molar-refractivity contribution in [3.05, 3.63) is 106 Å². The molecular formula is C24H19FN4O4S. The van der Waals surface area contributed by atoms with Crippen molar-refractivity contribution in [2.45, 2.75) is 18.7 Å². The monoisotopic (exact) mass is 478 g/mol. The number of nitro groups is 1. The maximum atomic E-state index is 13.9. The van der Waals surface area contributed by atoms with Crippen molar-refractivity contribution < 1.29 is 18.8 Å². The molecule has 0 aliphatic carbocycles. The Kier molecular flexibility index (Phi) is 6.98. The Labute approximate surface area is 198 Å². The highest BCUT2D eigenvalue weighted by atomic mass is 32.2. The van der Waals surface area contributed by atoms with E-state index >= 15 is 0 Å². The van der Waals surface area contributed by atoms with Crippen LogP contribution in [0.25, 0.3) is 5.69 Å². The van der Waals surface area contributed by atoms with Gasteiger partial charge in [-0.25, -0.2) is 4.39 Å². The van der Waals surface area contributed by atoms with E-state index in [-0.39, 0.29) is 35.1 Å². The summed E-state index contributed by atoms with van der Waals surface area (Å²) in [6.07, 6.45) is 0. The second kappa shape index (κ2) is 10.3. The average Bonchev–Trinajstić information content (AvgIpc) is 3.25. The van der Waals surface area contributed by atoms with Gasteiger partial charge in [-0.05, 0) is 31.2 Å². The highest BCUT2D eigenvalue weighted by Crippen LogP contribution is 2.26. The van der Waals surface area contributed by atoms with Crippen LogP contribution in [-0.2, 0) is 6.61 Å². The van der Waals surface area contributed by atoms with Crippen LogP contribution >= 0.6 is 11.8 Å². The van der Waals surface area contributed by atoms with E-state index in [2.05, 4.69) is 10.2 Å². The van der Waals surface area contributed by atoms with Gasteiger partial charge in [-0.15, -0.1) is 10.2 Å². The molecule has 0 saturated heterocycles. The SMILES string of the molecule is Cc1ccc(C(=O)CSc2nnc(COc3ccccc3F)n2-c2ccccc2)cc1[N+](=O)[O-]. The van der Waals surface area contributed by atoms with Crippen LogP contribution in [0.2, 0.25) is 0 Å². The number of halogens is 1. The van der Waals surface area contributed by atoms with Gasteiger partial charge in [0, 0.05) is 22.9 Å². The highest BCUT2D eigenvalue weighted by Gasteiger charge is 2.19. The first-order chi connectivity index (χ1) is 16.4. The summed E-state index contributed by atoms with van der Waals surface area (Å²) in [6.45, 7) is 1.58. The number of ketones is 1. The fourth-order valence-corrected chi connectivity index (χ4v) is 4.09. The number of aromatic nitrogens is 3. The normalized spacial score (nSPS) is 10.8. The molecule has 10 heteroatoms. The lowest BCUT2D eigenvalue weighted by molar-refractivity contribution is -0.385. The Balaban J connectivity index is 1.56. The number of hydrogen-bond acceptors (Lipinski definition) is 7. The molecule has 34 heavy (non-hydrogen) atoms. The molecule has 0 aliphatic heterocycles. The lowest BCUT2D eigenvalue weighted by atomic mass is 10.1. The second-order valence-corrected chi connectivity index (χ2v) is 8.20. The lowest BCUT2D eigenvalue weighted by Crippen LogP contribution is -2.08. The first kappa shape index (κ1) is 23.1. The molecule has 3 aromatic carbocycles. The number of hydrogen-bond donors (Lipinski definition) is 0. The molecule has 4 aromatic rings. The van der Waals surface area contributed by atoms with Gasteiger partial charge in [-0.2, -0.15) is 0 Å². The molecule has 0 saturated carbocycles. The number of nitrogens with zero attached hydrogens (tertiary/aromatic N) is 4. The Morgan fingerprint density at radius 3 is 2.56 bits per heavy atom. The molecule has 0 radical (unpaired) electrons. The second-order valence-electron chi connectivity index (χ2n) is 7.26. The number of ether oxygens (including phenoxy) is 1. The zero-order valence-corrected chi connectivity index (χ0v) is 18.9. The Bertz CT molecular complexity index is 1340. The molecule has 0 amide bonds. The summed E-state index contributed by atoms with van der Waals surface area (Å²) in [5.41, 5.74) is 1.38. The summed E-state index contributed by atoms with van der Waals surface area (Å²) >= 11 is 1.15. The van der Waals surface area contributed by atoms with Crippen LogP contribution < -0.4 is 4.74 Å². The van der Waals surface area contributed by atoms with Gasteiger partial charge < -0.3 is 4.74 Å². The Morgan fingerprint density at radius 1 is 1.09 bits per heavy atom. The third kappa shape index (κ3) is 5.12. The van der Waals surface area contributed by atoms with Gasteiger partial charge in [-0.1, -0.05) is 54.2 Å². The predicted octanol–water partition coefficient (Wildman–Crippen LogP) is 5.18. The van der Waals surface area contributed by atoms with Crippen LogP contribution in [0.1, 0.15) is 21.7 Å². The topological polar surface area (TPSA) is 100 Å². The molecule has 0 unspecified atom stereocenters. The molecule has 0 aliphatic rings. The summed E-state index contributed by atoms with van der Waals surface area (Å²) in [6, 6.07) is 19.7. The summed E-state index contributed by atoms with van der Waals surface area (Å²) in [7, 11) is 0. The van der Waals surface area contributed by atoms with Gasteiger partial charge in [-0.3, -0.25) is 19.5 Å². The largest absolute Gasteiger partial charge is 0.483 e. The van der Waals surface area contributed by atoms with E-state index in [0.717, 1.165) is 17.4 Å². The van der Waals surface area contributed by atoms with Gasteiger partial charge in [0.25, 0.3) is 5.69 Å². The molecule has 0 bridgehead atoms.